The molecule has 1 fully saturated rings. The standard InChI is InChI=1S/C19H20BrN3O3/c1-14-4-2-3-5-16(14)13-21-8-10-22(11-9-21)19(24)15-6-7-17(20)18(12-15)23(25)26/h2-7,12H,8-11,13H2,1H3. The summed E-state index contributed by atoms with van der Waals surface area (Å²) in [5, 5.41) is 11.1. The second-order valence-corrected chi connectivity index (χ2v) is 7.27. The number of nitro benzene ring substituents is 1. The van der Waals surface area contributed by atoms with E-state index in [2.05, 4.69) is 39.9 Å². The highest BCUT2D eigenvalue weighted by atomic mass is 79.9. The molecular weight excluding hydrogens is 398 g/mol. The lowest BCUT2D eigenvalue weighted by Crippen LogP contribution is -2.48. The molecule has 3 rings (SSSR count). The minimum atomic E-state index is -0.485. The minimum Gasteiger partial charge on any atom is -0.336 e. The van der Waals surface area contributed by atoms with E-state index < -0.39 is 4.92 Å². The van der Waals surface area contributed by atoms with Gasteiger partial charge in [0.25, 0.3) is 11.6 Å². The van der Waals surface area contributed by atoms with Gasteiger partial charge in [0, 0.05) is 44.4 Å². The molecule has 26 heavy (non-hydrogen) atoms. The predicted molar refractivity (Wildman–Crippen MR) is 103 cm³/mol. The van der Waals surface area contributed by atoms with Crippen molar-refractivity contribution in [1.29, 1.82) is 0 Å². The van der Waals surface area contributed by atoms with Gasteiger partial charge in [-0.15, -0.1) is 0 Å². The van der Waals surface area contributed by atoms with Crippen LogP contribution in [-0.2, 0) is 6.54 Å². The average Bonchev–Trinajstić information content (AvgIpc) is 2.64. The highest BCUT2D eigenvalue weighted by molar-refractivity contribution is 9.10. The zero-order chi connectivity index (χ0) is 18.7. The molecule has 0 aliphatic carbocycles. The summed E-state index contributed by atoms with van der Waals surface area (Å²) in [5.41, 5.74) is 2.84. The van der Waals surface area contributed by atoms with Gasteiger partial charge < -0.3 is 4.90 Å². The Labute approximate surface area is 160 Å². The van der Waals surface area contributed by atoms with Crippen LogP contribution in [-0.4, -0.2) is 46.8 Å². The Balaban J connectivity index is 1.63. The van der Waals surface area contributed by atoms with Crippen molar-refractivity contribution in [2.75, 3.05) is 26.2 Å². The summed E-state index contributed by atoms with van der Waals surface area (Å²) < 4.78 is 0.377. The summed E-state index contributed by atoms with van der Waals surface area (Å²) in [6.45, 7) is 5.80. The van der Waals surface area contributed by atoms with Gasteiger partial charge in [-0.2, -0.15) is 0 Å². The Morgan fingerprint density at radius 2 is 1.85 bits per heavy atom. The number of hydrogen-bond acceptors (Lipinski definition) is 4. The molecule has 136 valence electrons. The average molecular weight is 418 g/mol. The zero-order valence-electron chi connectivity index (χ0n) is 14.5. The fraction of sp³-hybridized carbons (Fsp3) is 0.316. The topological polar surface area (TPSA) is 66.7 Å². The van der Waals surface area contributed by atoms with Crippen molar-refractivity contribution in [3.63, 3.8) is 0 Å². The minimum absolute atomic E-state index is 0.0889. The molecular formula is C19H20BrN3O3. The molecule has 1 amide bonds. The fourth-order valence-corrected chi connectivity index (χ4v) is 3.50. The molecule has 1 aliphatic rings. The van der Waals surface area contributed by atoms with E-state index in [-0.39, 0.29) is 11.6 Å². The Kier molecular flexibility index (Phi) is 5.68. The summed E-state index contributed by atoms with van der Waals surface area (Å²) in [6, 6.07) is 12.8. The number of nitrogens with zero attached hydrogens (tertiary/aromatic N) is 3. The van der Waals surface area contributed by atoms with Crippen molar-refractivity contribution >= 4 is 27.5 Å². The van der Waals surface area contributed by atoms with E-state index in [0.29, 0.717) is 23.1 Å². The van der Waals surface area contributed by atoms with E-state index >= 15 is 0 Å². The summed E-state index contributed by atoms with van der Waals surface area (Å²) >= 11 is 3.15. The van der Waals surface area contributed by atoms with E-state index in [9.17, 15) is 14.9 Å². The van der Waals surface area contributed by atoms with Crippen LogP contribution in [0, 0.1) is 17.0 Å². The smallest absolute Gasteiger partial charge is 0.284 e. The molecule has 2 aromatic carbocycles. The van der Waals surface area contributed by atoms with Gasteiger partial charge in [0.2, 0.25) is 0 Å². The molecule has 6 nitrogen and oxygen atoms in total. The first kappa shape index (κ1) is 18.5. The maximum Gasteiger partial charge on any atom is 0.284 e. The number of benzene rings is 2. The van der Waals surface area contributed by atoms with E-state index in [0.717, 1.165) is 19.6 Å². The summed E-state index contributed by atoms with van der Waals surface area (Å²) in [4.78, 5) is 27.3. The van der Waals surface area contributed by atoms with Gasteiger partial charge in [0.15, 0.2) is 0 Å². The van der Waals surface area contributed by atoms with E-state index in [4.69, 9.17) is 0 Å². The molecule has 0 N–H and O–H groups in total. The Morgan fingerprint density at radius 3 is 2.50 bits per heavy atom. The third-order valence-corrected chi connectivity index (χ3v) is 5.38. The molecule has 1 saturated heterocycles. The lowest BCUT2D eigenvalue weighted by atomic mass is 10.1. The van der Waals surface area contributed by atoms with Gasteiger partial charge in [0.1, 0.15) is 0 Å². The van der Waals surface area contributed by atoms with Gasteiger partial charge in [-0.1, -0.05) is 24.3 Å². The zero-order valence-corrected chi connectivity index (χ0v) is 16.1. The Bertz CT molecular complexity index is 833. The SMILES string of the molecule is Cc1ccccc1CN1CCN(C(=O)c2ccc(Br)c([N+](=O)[O-])c2)CC1. The van der Waals surface area contributed by atoms with Crippen molar-refractivity contribution in [3.8, 4) is 0 Å². The molecule has 1 heterocycles. The van der Waals surface area contributed by atoms with Crippen LogP contribution >= 0.6 is 15.9 Å². The third kappa shape index (κ3) is 4.11. The molecule has 0 spiro atoms. The molecule has 0 unspecified atom stereocenters. The number of carbonyl (C=O) groups excluding carboxylic acids is 1. The quantitative estimate of drug-likeness (QED) is 0.562. The van der Waals surface area contributed by atoms with Crippen LogP contribution in [0.15, 0.2) is 46.9 Å². The number of rotatable bonds is 4. The maximum atomic E-state index is 12.7. The molecule has 7 heteroatoms. The van der Waals surface area contributed by atoms with Gasteiger partial charge >= 0.3 is 0 Å². The summed E-state index contributed by atoms with van der Waals surface area (Å²) in [7, 11) is 0. The second kappa shape index (κ2) is 7.97. The van der Waals surface area contributed by atoms with Crippen molar-refractivity contribution in [2.45, 2.75) is 13.5 Å². The monoisotopic (exact) mass is 417 g/mol. The molecule has 0 aromatic heterocycles. The number of halogens is 1. The summed E-state index contributed by atoms with van der Waals surface area (Å²) in [6.07, 6.45) is 0. The van der Waals surface area contributed by atoms with E-state index in [1.54, 1.807) is 17.0 Å². The second-order valence-electron chi connectivity index (χ2n) is 6.42. The van der Waals surface area contributed by atoms with Crippen LogP contribution in [0.3, 0.4) is 0 Å². The van der Waals surface area contributed by atoms with Gasteiger partial charge in [-0.05, 0) is 46.1 Å². The fourth-order valence-electron chi connectivity index (χ4n) is 3.11. The van der Waals surface area contributed by atoms with Gasteiger partial charge in [-0.25, -0.2) is 0 Å². The van der Waals surface area contributed by atoms with Crippen LogP contribution in [0.25, 0.3) is 0 Å². The molecule has 0 saturated carbocycles. The Morgan fingerprint density at radius 1 is 1.15 bits per heavy atom. The van der Waals surface area contributed by atoms with Crippen molar-refractivity contribution in [1.82, 2.24) is 9.80 Å². The lowest BCUT2D eigenvalue weighted by molar-refractivity contribution is -0.385. The van der Waals surface area contributed by atoms with Crippen LogP contribution in [0.4, 0.5) is 5.69 Å². The number of carbonyl (C=O) groups is 1. The highest BCUT2D eigenvalue weighted by Crippen LogP contribution is 2.26. The van der Waals surface area contributed by atoms with Crippen LogP contribution in [0.1, 0.15) is 21.5 Å². The maximum absolute atomic E-state index is 12.7. The number of nitro groups is 1. The van der Waals surface area contributed by atoms with Crippen molar-refractivity contribution in [2.24, 2.45) is 0 Å². The van der Waals surface area contributed by atoms with Gasteiger partial charge in [-0.3, -0.25) is 19.8 Å². The predicted octanol–water partition coefficient (Wildman–Crippen LogP) is 3.62. The van der Waals surface area contributed by atoms with Crippen molar-refractivity contribution < 1.29 is 9.72 Å². The first-order valence-corrected chi connectivity index (χ1v) is 9.25. The Hall–Kier alpha value is -2.25. The number of aryl methyl sites for hydroxylation is 1. The summed E-state index contributed by atoms with van der Waals surface area (Å²) in [5.74, 6) is -0.156. The highest BCUT2D eigenvalue weighted by Gasteiger charge is 2.24. The molecule has 2 aromatic rings. The first-order chi connectivity index (χ1) is 12.5. The number of amides is 1. The third-order valence-electron chi connectivity index (χ3n) is 4.70. The van der Waals surface area contributed by atoms with Crippen LogP contribution < -0.4 is 0 Å². The largest absolute Gasteiger partial charge is 0.336 e. The van der Waals surface area contributed by atoms with Crippen LogP contribution in [0.5, 0.6) is 0 Å². The van der Waals surface area contributed by atoms with Crippen molar-refractivity contribution in [3.05, 3.63) is 73.7 Å². The molecule has 0 atom stereocenters. The molecule has 1 aliphatic heterocycles. The van der Waals surface area contributed by atoms with E-state index in [1.807, 2.05) is 12.1 Å². The van der Waals surface area contributed by atoms with Gasteiger partial charge in [0.05, 0.1) is 9.40 Å². The van der Waals surface area contributed by atoms with Crippen LogP contribution in [0.2, 0.25) is 0 Å². The normalized spacial score (nSPS) is 15.1. The number of piperazine rings is 1. The molecule has 0 radical (unpaired) electrons. The number of hydrogen-bond donors (Lipinski definition) is 0. The molecule has 0 bridgehead atoms. The van der Waals surface area contributed by atoms with E-state index in [1.165, 1.54) is 17.2 Å². The first-order valence-electron chi connectivity index (χ1n) is 8.46. The lowest BCUT2D eigenvalue weighted by Gasteiger charge is -2.35.